The van der Waals surface area contributed by atoms with Gasteiger partial charge < -0.3 is 19.7 Å². The highest BCUT2D eigenvalue weighted by molar-refractivity contribution is 6.18. The average molecular weight is 547 g/mol. The van der Waals surface area contributed by atoms with Crippen molar-refractivity contribution >= 4 is 11.6 Å². The second kappa shape index (κ2) is 9.47. The lowest BCUT2D eigenvalue weighted by Crippen LogP contribution is -2.72. The van der Waals surface area contributed by atoms with E-state index in [2.05, 4.69) is 13.8 Å². The molecule has 1 saturated heterocycles. The molecule has 0 radical (unpaired) electrons. The molecule has 214 valence electrons. The number of carbonyl (C=O) groups excluding carboxylic acids is 2. The van der Waals surface area contributed by atoms with Gasteiger partial charge in [-0.15, -0.1) is 0 Å². The first-order chi connectivity index (χ1) is 18.7. The standard InChI is InChI=1S/C34H42O6/c1-18(2)10-9-11-22-27(35)23(13-12-19(3)4)30-26(28(22)36)29(37)24-16-21-17-25-32(7,8)40-33(31(21)38,15-14-20(5)6)34(24,25)39-30/h9-10,12,14,16,18,21,25,35-36H,11,13,15,17H2,1-8H3/b10-9+/t21-,25?,33+,34-/m0/s1. The smallest absolute Gasteiger partial charge is 0.200 e. The molecule has 0 amide bonds. The Kier molecular flexibility index (Phi) is 6.73. The van der Waals surface area contributed by atoms with Crippen LogP contribution in [0.1, 0.15) is 89.7 Å². The Bertz CT molecular complexity index is 1410. The van der Waals surface area contributed by atoms with Gasteiger partial charge in [-0.25, -0.2) is 0 Å². The van der Waals surface area contributed by atoms with Gasteiger partial charge in [0.25, 0.3) is 0 Å². The average Bonchev–Trinajstić information content (AvgIpc) is 3.01. The largest absolute Gasteiger partial charge is 0.507 e. The SMILES string of the molecule is CC(C)=CCc1c(O)c(C/C=C/C(C)C)c(O)c2c1O[C@@]13C(=C[C@H]4CC1C(C)(C)O[C@]3(CC=C(C)C)C4=O)C2=O. The topological polar surface area (TPSA) is 93.1 Å². The van der Waals surface area contributed by atoms with Crippen molar-refractivity contribution in [3.8, 4) is 17.2 Å². The molecule has 6 nitrogen and oxygen atoms in total. The second-order valence-electron chi connectivity index (χ2n) is 13.2. The van der Waals surface area contributed by atoms with E-state index in [0.29, 0.717) is 35.5 Å². The number of ketones is 2. The zero-order valence-corrected chi connectivity index (χ0v) is 25.0. The molecule has 4 atom stereocenters. The summed E-state index contributed by atoms with van der Waals surface area (Å²) in [6.07, 6.45) is 11.0. The van der Waals surface area contributed by atoms with Crippen LogP contribution < -0.4 is 4.74 Å². The minimum absolute atomic E-state index is 0.0642. The van der Waals surface area contributed by atoms with Crippen molar-refractivity contribution in [2.45, 2.75) is 97.9 Å². The van der Waals surface area contributed by atoms with Crippen LogP contribution in [0.5, 0.6) is 17.2 Å². The molecule has 2 N–H and O–H groups in total. The molecular formula is C34H42O6. The molecule has 1 aromatic carbocycles. The highest BCUT2D eigenvalue weighted by atomic mass is 16.6. The van der Waals surface area contributed by atoms with Crippen molar-refractivity contribution in [2.75, 3.05) is 0 Å². The maximum Gasteiger partial charge on any atom is 0.200 e. The normalized spacial score (nSPS) is 29.3. The Morgan fingerprint density at radius 3 is 2.33 bits per heavy atom. The molecule has 6 rings (SSSR count). The lowest BCUT2D eigenvalue weighted by Gasteiger charge is -2.56. The van der Waals surface area contributed by atoms with E-state index in [9.17, 15) is 19.8 Å². The van der Waals surface area contributed by atoms with Crippen LogP contribution in [0.2, 0.25) is 0 Å². The molecule has 1 spiro atoms. The number of fused-ring (bicyclic) bond motifs is 1. The van der Waals surface area contributed by atoms with Crippen molar-refractivity contribution in [1.29, 1.82) is 0 Å². The zero-order valence-electron chi connectivity index (χ0n) is 25.0. The molecule has 2 aliphatic heterocycles. The van der Waals surface area contributed by atoms with E-state index in [1.165, 1.54) is 0 Å². The Balaban J connectivity index is 1.80. The molecule has 1 saturated carbocycles. The summed E-state index contributed by atoms with van der Waals surface area (Å²) in [5.41, 5.74) is -0.177. The van der Waals surface area contributed by atoms with Crippen LogP contribution in [0.25, 0.3) is 0 Å². The van der Waals surface area contributed by atoms with Crippen molar-refractivity contribution in [3.63, 3.8) is 0 Å². The van der Waals surface area contributed by atoms with E-state index in [1.54, 1.807) is 6.08 Å². The van der Waals surface area contributed by atoms with E-state index in [-0.39, 0.29) is 53.1 Å². The highest BCUT2D eigenvalue weighted by Gasteiger charge is 2.81. The van der Waals surface area contributed by atoms with E-state index >= 15 is 0 Å². The van der Waals surface area contributed by atoms with Gasteiger partial charge in [0.05, 0.1) is 5.60 Å². The summed E-state index contributed by atoms with van der Waals surface area (Å²) in [5, 5.41) is 23.1. The maximum atomic E-state index is 14.5. The predicted octanol–water partition coefficient (Wildman–Crippen LogP) is 6.72. The Morgan fingerprint density at radius 1 is 1.02 bits per heavy atom. The third-order valence-electron chi connectivity index (χ3n) is 9.04. The lowest BCUT2D eigenvalue weighted by molar-refractivity contribution is -0.171. The number of benzene rings is 1. The number of hydrogen-bond acceptors (Lipinski definition) is 6. The van der Waals surface area contributed by atoms with E-state index in [0.717, 1.165) is 11.1 Å². The number of phenols is 2. The third-order valence-corrected chi connectivity index (χ3v) is 9.04. The second-order valence-corrected chi connectivity index (χ2v) is 13.2. The zero-order chi connectivity index (χ0) is 29.4. The predicted molar refractivity (Wildman–Crippen MR) is 155 cm³/mol. The molecule has 5 aliphatic rings. The van der Waals surface area contributed by atoms with Crippen molar-refractivity contribution in [1.82, 2.24) is 0 Å². The van der Waals surface area contributed by atoms with Gasteiger partial charge in [0, 0.05) is 35.0 Å². The molecule has 1 aromatic rings. The highest BCUT2D eigenvalue weighted by Crippen LogP contribution is 2.68. The number of ether oxygens (including phenoxy) is 2. The third kappa shape index (κ3) is 3.86. The molecule has 2 heterocycles. The van der Waals surface area contributed by atoms with Crippen LogP contribution >= 0.6 is 0 Å². The van der Waals surface area contributed by atoms with E-state index in [4.69, 9.17) is 9.47 Å². The Labute approximate surface area is 237 Å². The minimum atomic E-state index is -1.38. The van der Waals surface area contributed by atoms with Crippen LogP contribution in [0.15, 0.2) is 47.1 Å². The number of Topliss-reactive ketones (excluding diaryl/α,β-unsaturated/α-hetero) is 2. The molecule has 4 bridgehead atoms. The van der Waals surface area contributed by atoms with Crippen LogP contribution in [0, 0.1) is 17.8 Å². The van der Waals surface area contributed by atoms with Crippen LogP contribution in [-0.2, 0) is 22.4 Å². The Morgan fingerprint density at radius 2 is 1.70 bits per heavy atom. The van der Waals surface area contributed by atoms with E-state index < -0.39 is 22.7 Å². The fourth-order valence-electron chi connectivity index (χ4n) is 7.26. The van der Waals surface area contributed by atoms with Gasteiger partial charge in [-0.3, -0.25) is 9.59 Å². The number of rotatable bonds is 7. The molecule has 3 aliphatic carbocycles. The number of carbonyl (C=O) groups is 2. The summed E-state index contributed by atoms with van der Waals surface area (Å²) in [6, 6.07) is 0. The van der Waals surface area contributed by atoms with Gasteiger partial charge in [0.15, 0.2) is 22.8 Å². The van der Waals surface area contributed by atoms with Gasteiger partial charge in [0.1, 0.15) is 22.8 Å². The number of phenolic OH excluding ortho intramolecular Hbond substituents is 2. The quantitative estimate of drug-likeness (QED) is 0.369. The molecular weight excluding hydrogens is 504 g/mol. The van der Waals surface area contributed by atoms with Gasteiger partial charge in [-0.05, 0) is 66.7 Å². The van der Waals surface area contributed by atoms with Gasteiger partial charge in [0.2, 0.25) is 0 Å². The monoisotopic (exact) mass is 546 g/mol. The molecule has 0 aromatic heterocycles. The molecule has 1 unspecified atom stereocenters. The van der Waals surface area contributed by atoms with Gasteiger partial charge >= 0.3 is 0 Å². The minimum Gasteiger partial charge on any atom is -0.507 e. The fraction of sp³-hybridized carbons (Fsp3) is 0.529. The molecule has 2 fully saturated rings. The van der Waals surface area contributed by atoms with Crippen molar-refractivity contribution in [3.05, 3.63) is 63.8 Å². The number of aromatic hydroxyl groups is 2. The summed E-state index contributed by atoms with van der Waals surface area (Å²) in [5.74, 6) is -1.03. The Hall–Kier alpha value is -3.12. The first-order valence-electron chi connectivity index (χ1n) is 14.4. The summed E-state index contributed by atoms with van der Waals surface area (Å²) in [7, 11) is 0. The van der Waals surface area contributed by atoms with Crippen molar-refractivity contribution in [2.24, 2.45) is 17.8 Å². The summed E-state index contributed by atoms with van der Waals surface area (Å²) in [6.45, 7) is 15.9. The van der Waals surface area contributed by atoms with E-state index in [1.807, 2.05) is 65.8 Å². The summed E-state index contributed by atoms with van der Waals surface area (Å²) in [4.78, 5) is 28.6. The molecule has 40 heavy (non-hydrogen) atoms. The van der Waals surface area contributed by atoms with Crippen LogP contribution in [-0.4, -0.2) is 38.6 Å². The maximum absolute atomic E-state index is 14.5. The lowest BCUT2D eigenvalue weighted by atomic mass is 9.51. The first kappa shape index (κ1) is 28.4. The number of allylic oxidation sites excluding steroid dienone is 6. The van der Waals surface area contributed by atoms with Gasteiger partial charge in [-0.2, -0.15) is 0 Å². The van der Waals surface area contributed by atoms with Crippen molar-refractivity contribution < 1.29 is 29.3 Å². The van der Waals surface area contributed by atoms with Crippen LogP contribution in [0.4, 0.5) is 0 Å². The number of hydrogen-bond donors (Lipinski definition) is 2. The summed E-state index contributed by atoms with van der Waals surface area (Å²) < 4.78 is 13.7. The van der Waals surface area contributed by atoms with Gasteiger partial charge in [-0.1, -0.05) is 55.4 Å². The van der Waals surface area contributed by atoms with Crippen LogP contribution in [0.3, 0.4) is 0 Å². The summed E-state index contributed by atoms with van der Waals surface area (Å²) >= 11 is 0. The fourth-order valence-corrected chi connectivity index (χ4v) is 7.26. The first-order valence-corrected chi connectivity index (χ1v) is 14.4. The molecule has 6 heteroatoms.